The molecular weight excluding hydrogens is 521 g/mol. The van der Waals surface area contributed by atoms with E-state index < -0.39 is 15.0 Å². The summed E-state index contributed by atoms with van der Waals surface area (Å²) in [5, 5.41) is 0. The molecule has 1 aliphatic heterocycles. The molecule has 0 saturated heterocycles. The van der Waals surface area contributed by atoms with Crippen LogP contribution in [0.25, 0.3) is 5.57 Å². The molecule has 0 radical (unpaired) electrons. The molecule has 0 nitrogen and oxygen atoms in total. The van der Waals surface area contributed by atoms with Crippen LogP contribution in [0.3, 0.4) is 0 Å². The molecule has 5 rings (SSSR count). The number of rotatable bonds is 2. The van der Waals surface area contributed by atoms with Crippen LogP contribution in [-0.2, 0) is 5.41 Å². The summed E-state index contributed by atoms with van der Waals surface area (Å²) < 4.78 is 3.97. The average molecular weight is 537 g/mol. The predicted octanol–water partition coefficient (Wildman–Crippen LogP) is 6.04. The molecule has 130 valence electrons. The van der Waals surface area contributed by atoms with E-state index in [4.69, 9.17) is 0 Å². The van der Waals surface area contributed by atoms with Crippen molar-refractivity contribution in [3.05, 3.63) is 121 Å². The van der Waals surface area contributed by atoms with E-state index in [0.717, 1.165) is 4.47 Å². The summed E-state index contributed by atoms with van der Waals surface area (Å²) in [5.41, 5.74) is 6.71. The van der Waals surface area contributed by atoms with Crippen LogP contribution in [0.1, 0.15) is 22.3 Å². The molecule has 3 aromatic rings. The van der Waals surface area contributed by atoms with Crippen molar-refractivity contribution in [2.24, 2.45) is 0 Å². The van der Waals surface area contributed by atoms with Crippen molar-refractivity contribution in [2.75, 3.05) is 0 Å². The standard InChI is InChI=1S/C24H16Br2Ge/c25-18-11-12-22-20(13-18)21-14-19(26)15-27-23(21)24(22,16-7-3-1-4-8-16)17-9-5-2-6-10-17/h1-15,27H. The van der Waals surface area contributed by atoms with Gasteiger partial charge in [-0.2, -0.15) is 0 Å². The van der Waals surface area contributed by atoms with Gasteiger partial charge in [0.25, 0.3) is 0 Å². The van der Waals surface area contributed by atoms with Crippen LogP contribution < -0.4 is 0 Å². The molecule has 27 heavy (non-hydrogen) atoms. The zero-order chi connectivity index (χ0) is 18.4. The number of halogens is 2. The maximum atomic E-state index is 3.74. The first kappa shape index (κ1) is 17.6. The summed E-state index contributed by atoms with van der Waals surface area (Å²) >= 11 is 6.70. The molecule has 3 aromatic carbocycles. The van der Waals surface area contributed by atoms with Gasteiger partial charge in [-0.3, -0.25) is 0 Å². The molecule has 0 unspecified atom stereocenters. The van der Waals surface area contributed by atoms with E-state index in [0.29, 0.717) is 0 Å². The normalized spacial score (nSPS) is 16.7. The van der Waals surface area contributed by atoms with E-state index in [-0.39, 0.29) is 5.41 Å². The van der Waals surface area contributed by atoms with Crippen molar-refractivity contribution < 1.29 is 0 Å². The van der Waals surface area contributed by atoms with Gasteiger partial charge in [-0.1, -0.05) is 0 Å². The zero-order valence-electron chi connectivity index (χ0n) is 14.5. The van der Waals surface area contributed by atoms with Gasteiger partial charge in [0, 0.05) is 0 Å². The van der Waals surface area contributed by atoms with Crippen molar-refractivity contribution in [3.63, 3.8) is 0 Å². The van der Waals surface area contributed by atoms with Crippen molar-refractivity contribution >= 4 is 57.3 Å². The molecule has 2 aliphatic rings. The molecule has 1 heterocycles. The van der Waals surface area contributed by atoms with E-state index in [1.165, 1.54) is 32.3 Å². The van der Waals surface area contributed by atoms with Gasteiger partial charge in [0.2, 0.25) is 0 Å². The van der Waals surface area contributed by atoms with Gasteiger partial charge in [0.15, 0.2) is 0 Å². The van der Waals surface area contributed by atoms with Gasteiger partial charge in [0.1, 0.15) is 0 Å². The van der Waals surface area contributed by atoms with Gasteiger partial charge in [-0.15, -0.1) is 0 Å². The number of hydrogen-bond donors (Lipinski definition) is 0. The fourth-order valence-corrected chi connectivity index (χ4v) is 9.03. The number of allylic oxidation sites excluding steroid dienone is 4. The van der Waals surface area contributed by atoms with Crippen LogP contribution in [-0.4, -0.2) is 19.8 Å². The van der Waals surface area contributed by atoms with Crippen LogP contribution in [0.5, 0.6) is 0 Å². The quantitative estimate of drug-likeness (QED) is 0.351. The SMILES string of the molecule is BrC1=CC2=[C]([GeH]=[CH]1)C(c1ccccc1)(c1ccccc1)c1ccc(Br)cc12. The molecule has 0 aromatic heterocycles. The summed E-state index contributed by atoms with van der Waals surface area (Å²) in [6.45, 7) is 0. The van der Waals surface area contributed by atoms with Gasteiger partial charge < -0.3 is 0 Å². The fourth-order valence-electron chi connectivity index (χ4n) is 4.44. The second-order valence-corrected chi connectivity index (χ2v) is 11.3. The minimum absolute atomic E-state index is 0.186. The fraction of sp³-hybridized carbons (Fsp3) is 0.0417. The molecule has 1 aliphatic carbocycles. The first-order valence-electron chi connectivity index (χ1n) is 8.93. The topological polar surface area (TPSA) is 0 Å². The molecule has 0 saturated carbocycles. The Morgan fingerprint density at radius 1 is 0.741 bits per heavy atom. The Morgan fingerprint density at radius 3 is 2.00 bits per heavy atom. The van der Waals surface area contributed by atoms with Crippen molar-refractivity contribution in [1.82, 2.24) is 0 Å². The summed E-state index contributed by atoms with van der Waals surface area (Å²) in [4.78, 5) is 2.43. The second kappa shape index (κ2) is 6.84. The zero-order valence-corrected chi connectivity index (χ0v) is 20.1. The first-order chi connectivity index (χ1) is 13.2. The Bertz CT molecular complexity index is 1090. The number of fused-ring (bicyclic) bond motifs is 2. The third-order valence-corrected chi connectivity index (χ3v) is 10.8. The third-order valence-electron chi connectivity index (χ3n) is 5.48. The summed E-state index contributed by atoms with van der Waals surface area (Å²) in [6, 6.07) is 28.8. The monoisotopic (exact) mass is 536 g/mol. The van der Waals surface area contributed by atoms with Crippen LogP contribution in [0.4, 0.5) is 0 Å². The van der Waals surface area contributed by atoms with Gasteiger partial charge in [0.05, 0.1) is 0 Å². The van der Waals surface area contributed by atoms with Crippen LogP contribution >= 0.6 is 31.9 Å². The van der Waals surface area contributed by atoms with Crippen molar-refractivity contribution in [3.8, 4) is 0 Å². The average Bonchev–Trinajstić information content (AvgIpc) is 2.99. The van der Waals surface area contributed by atoms with E-state index >= 15 is 0 Å². The van der Waals surface area contributed by atoms with Crippen LogP contribution in [0, 0.1) is 0 Å². The Kier molecular flexibility index (Phi) is 4.46. The predicted molar refractivity (Wildman–Crippen MR) is 124 cm³/mol. The molecule has 0 spiro atoms. The molecule has 0 atom stereocenters. The van der Waals surface area contributed by atoms with Gasteiger partial charge in [-0.25, -0.2) is 0 Å². The molecule has 0 bridgehead atoms. The van der Waals surface area contributed by atoms with E-state index in [1.807, 2.05) is 0 Å². The molecule has 0 amide bonds. The van der Waals surface area contributed by atoms with Crippen molar-refractivity contribution in [1.29, 1.82) is 0 Å². The molecule has 0 N–H and O–H groups in total. The molecular formula is C24H16Br2Ge. The maximum absolute atomic E-state index is 3.74. The van der Waals surface area contributed by atoms with E-state index in [2.05, 4.69) is 122 Å². The van der Waals surface area contributed by atoms with Crippen LogP contribution in [0.15, 0.2) is 98.3 Å². The number of benzene rings is 3. The Hall–Kier alpha value is -1.49. The third kappa shape index (κ3) is 2.65. The summed E-state index contributed by atoms with van der Waals surface area (Å²) in [5.74, 6) is 0. The Labute approximate surface area is 182 Å². The second-order valence-electron chi connectivity index (χ2n) is 6.86. The van der Waals surface area contributed by atoms with Crippen LogP contribution in [0.2, 0.25) is 0 Å². The first-order valence-corrected chi connectivity index (χ1v) is 13.1. The summed E-state index contributed by atoms with van der Waals surface area (Å²) in [7, 11) is 0. The van der Waals surface area contributed by atoms with Gasteiger partial charge in [-0.05, 0) is 0 Å². The molecule has 0 fully saturated rings. The van der Waals surface area contributed by atoms with E-state index in [9.17, 15) is 0 Å². The van der Waals surface area contributed by atoms with Gasteiger partial charge >= 0.3 is 183 Å². The number of hydrogen-bond acceptors (Lipinski definition) is 0. The van der Waals surface area contributed by atoms with Crippen molar-refractivity contribution in [2.45, 2.75) is 5.41 Å². The Balaban J connectivity index is 1.96. The van der Waals surface area contributed by atoms with E-state index in [1.54, 1.807) is 4.41 Å². The summed E-state index contributed by atoms with van der Waals surface area (Å²) in [6.07, 6.45) is 2.31. The minimum atomic E-state index is -0.740. The molecule has 3 heteroatoms. The Morgan fingerprint density at radius 2 is 1.37 bits per heavy atom.